The minimum absolute atomic E-state index is 0.159. The molecule has 0 bridgehead atoms. The van der Waals surface area contributed by atoms with Gasteiger partial charge in [0.1, 0.15) is 48.0 Å². The van der Waals surface area contributed by atoms with Crippen LogP contribution in [0.3, 0.4) is 0 Å². The van der Waals surface area contributed by atoms with Crippen molar-refractivity contribution in [3.8, 4) is 46.3 Å². The number of ether oxygens (including phenoxy) is 5. The van der Waals surface area contributed by atoms with Gasteiger partial charge in [-0.15, -0.1) is 0 Å². The number of nitriles is 2. The van der Waals surface area contributed by atoms with E-state index in [-0.39, 0.29) is 16.9 Å². The molecule has 0 spiro atoms. The first kappa shape index (κ1) is 24.8. The molecule has 9 heteroatoms. The Morgan fingerprint density at radius 1 is 0.763 bits per heavy atom. The van der Waals surface area contributed by atoms with Gasteiger partial charge in [0.15, 0.2) is 11.5 Å². The molecular formula is C29H22N2O7. The van der Waals surface area contributed by atoms with Gasteiger partial charge in [0, 0.05) is 11.5 Å². The number of hydrogen-bond donors (Lipinski definition) is 0. The van der Waals surface area contributed by atoms with Crippen LogP contribution in [0.25, 0.3) is 22.1 Å². The van der Waals surface area contributed by atoms with Crippen molar-refractivity contribution in [2.45, 2.75) is 0 Å². The minimum Gasteiger partial charge on any atom is -0.487 e. The van der Waals surface area contributed by atoms with Gasteiger partial charge in [-0.05, 0) is 42.0 Å². The maximum atomic E-state index is 12.9. The summed E-state index contributed by atoms with van der Waals surface area (Å²) in [5, 5.41) is 19.3. The van der Waals surface area contributed by atoms with Crippen LogP contribution < -0.4 is 19.8 Å². The SMILES string of the molecule is N#Cc1cccc(Oc2ccc(-c3cc4cc5c(cc4oc3=O)OCCOCCOCCO5)cc2)c1C#N. The van der Waals surface area contributed by atoms with E-state index in [1.54, 1.807) is 60.7 Å². The Hall–Kier alpha value is -4.83. The summed E-state index contributed by atoms with van der Waals surface area (Å²) in [6.45, 7) is 2.41. The highest BCUT2D eigenvalue weighted by Crippen LogP contribution is 2.34. The van der Waals surface area contributed by atoms with Gasteiger partial charge in [0.25, 0.3) is 0 Å². The molecule has 0 fully saturated rings. The number of fused-ring (bicyclic) bond motifs is 2. The third kappa shape index (κ3) is 5.45. The van der Waals surface area contributed by atoms with Crippen LogP contribution >= 0.6 is 0 Å². The zero-order valence-corrected chi connectivity index (χ0v) is 20.3. The van der Waals surface area contributed by atoms with Crippen molar-refractivity contribution < 1.29 is 28.1 Å². The molecule has 1 aromatic heterocycles. The normalized spacial score (nSPS) is 13.9. The molecule has 0 N–H and O–H groups in total. The van der Waals surface area contributed by atoms with E-state index in [0.717, 1.165) is 0 Å². The summed E-state index contributed by atoms with van der Waals surface area (Å²) in [6.07, 6.45) is 0. The molecule has 0 atom stereocenters. The van der Waals surface area contributed by atoms with Crippen LogP contribution in [-0.4, -0.2) is 39.6 Å². The van der Waals surface area contributed by atoms with Crippen molar-refractivity contribution in [1.82, 2.24) is 0 Å². The standard InChI is InChI=1S/C29H22N2O7/c30-17-20-2-1-3-25(24(20)18-31)37-22-6-4-19(5-7-22)23-14-21-15-27-28(16-26(21)38-29(23)32)36-13-11-34-9-8-33-10-12-35-27/h1-7,14-16H,8-13H2. The highest BCUT2D eigenvalue weighted by atomic mass is 16.6. The van der Waals surface area contributed by atoms with Crippen LogP contribution in [0, 0.1) is 22.7 Å². The highest BCUT2D eigenvalue weighted by Gasteiger charge is 2.15. The number of nitrogens with zero attached hydrogens (tertiary/aromatic N) is 2. The quantitative estimate of drug-likeness (QED) is 0.357. The third-order valence-corrected chi connectivity index (χ3v) is 5.79. The number of hydrogen-bond acceptors (Lipinski definition) is 9. The monoisotopic (exact) mass is 510 g/mol. The maximum Gasteiger partial charge on any atom is 0.344 e. The first-order valence-corrected chi connectivity index (χ1v) is 11.9. The number of rotatable bonds is 3. The number of benzene rings is 3. The van der Waals surface area contributed by atoms with Gasteiger partial charge in [0.2, 0.25) is 0 Å². The molecule has 0 radical (unpaired) electrons. The third-order valence-electron chi connectivity index (χ3n) is 5.79. The van der Waals surface area contributed by atoms with Crippen LogP contribution in [0.1, 0.15) is 11.1 Å². The van der Waals surface area contributed by atoms with Crippen molar-refractivity contribution in [3.05, 3.63) is 82.2 Å². The van der Waals surface area contributed by atoms with Crippen LogP contribution in [0.4, 0.5) is 0 Å². The lowest BCUT2D eigenvalue weighted by atomic mass is 10.1. The largest absolute Gasteiger partial charge is 0.487 e. The summed E-state index contributed by atoms with van der Waals surface area (Å²) in [4.78, 5) is 12.9. The zero-order valence-electron chi connectivity index (χ0n) is 20.3. The molecule has 0 unspecified atom stereocenters. The average Bonchev–Trinajstić information content (AvgIpc) is 2.93. The summed E-state index contributed by atoms with van der Waals surface area (Å²) < 4.78 is 34.1. The van der Waals surface area contributed by atoms with E-state index in [1.807, 2.05) is 12.1 Å². The molecule has 1 aliphatic rings. The molecule has 1 aliphatic heterocycles. The predicted octanol–water partition coefficient (Wildman–Crippen LogP) is 4.80. The molecule has 4 aromatic rings. The fourth-order valence-electron chi connectivity index (χ4n) is 3.95. The first-order chi connectivity index (χ1) is 18.7. The molecule has 5 rings (SSSR count). The second kappa shape index (κ2) is 11.5. The van der Waals surface area contributed by atoms with Crippen LogP contribution in [0.15, 0.2) is 69.9 Å². The second-order valence-electron chi connectivity index (χ2n) is 8.23. The van der Waals surface area contributed by atoms with Gasteiger partial charge >= 0.3 is 5.63 Å². The van der Waals surface area contributed by atoms with E-state index in [9.17, 15) is 15.3 Å². The van der Waals surface area contributed by atoms with Crippen LogP contribution in [-0.2, 0) is 9.47 Å². The Morgan fingerprint density at radius 2 is 1.45 bits per heavy atom. The van der Waals surface area contributed by atoms with Crippen LogP contribution in [0.2, 0.25) is 0 Å². The van der Waals surface area contributed by atoms with E-state index < -0.39 is 5.63 Å². The first-order valence-electron chi connectivity index (χ1n) is 11.9. The summed E-state index contributed by atoms with van der Waals surface area (Å²) >= 11 is 0. The van der Waals surface area contributed by atoms with Gasteiger partial charge in [0.05, 0.1) is 37.6 Å². The predicted molar refractivity (Wildman–Crippen MR) is 136 cm³/mol. The molecule has 0 saturated carbocycles. The van der Waals surface area contributed by atoms with Gasteiger partial charge in [-0.25, -0.2) is 4.79 Å². The molecule has 0 saturated heterocycles. The van der Waals surface area contributed by atoms with Crippen molar-refractivity contribution >= 4 is 11.0 Å². The van der Waals surface area contributed by atoms with E-state index in [4.69, 9.17) is 28.1 Å². The smallest absolute Gasteiger partial charge is 0.344 e. The van der Waals surface area contributed by atoms with Crippen molar-refractivity contribution in [3.63, 3.8) is 0 Å². The summed E-state index contributed by atoms with van der Waals surface area (Å²) in [5.74, 6) is 1.69. The van der Waals surface area contributed by atoms with Crippen LogP contribution in [0.5, 0.6) is 23.0 Å². The molecule has 38 heavy (non-hydrogen) atoms. The topological polar surface area (TPSA) is 124 Å². The fourth-order valence-corrected chi connectivity index (χ4v) is 3.95. The Labute approximate surface area is 217 Å². The molecule has 0 amide bonds. The molecule has 190 valence electrons. The fraction of sp³-hybridized carbons (Fsp3) is 0.207. The van der Waals surface area contributed by atoms with Gasteiger partial charge in [-0.2, -0.15) is 10.5 Å². The van der Waals surface area contributed by atoms with Gasteiger partial charge in [-0.1, -0.05) is 18.2 Å². The minimum atomic E-state index is -0.509. The molecular weight excluding hydrogens is 488 g/mol. The zero-order chi connectivity index (χ0) is 26.3. The van der Waals surface area contributed by atoms with E-state index in [1.165, 1.54) is 0 Å². The molecule has 9 nitrogen and oxygen atoms in total. The lowest BCUT2D eigenvalue weighted by Crippen LogP contribution is -2.15. The highest BCUT2D eigenvalue weighted by molar-refractivity contribution is 5.85. The Kier molecular flexibility index (Phi) is 7.51. The van der Waals surface area contributed by atoms with Gasteiger partial charge < -0.3 is 28.1 Å². The summed E-state index contributed by atoms with van der Waals surface area (Å²) in [6, 6.07) is 20.8. The van der Waals surface area contributed by atoms with E-state index in [0.29, 0.717) is 79.0 Å². The lowest BCUT2D eigenvalue weighted by Gasteiger charge is -2.15. The Bertz CT molecular complexity index is 1600. The van der Waals surface area contributed by atoms with Crippen molar-refractivity contribution in [2.24, 2.45) is 0 Å². The molecule has 2 heterocycles. The molecule has 3 aromatic carbocycles. The Balaban J connectivity index is 1.43. The Morgan fingerprint density at radius 3 is 2.13 bits per heavy atom. The van der Waals surface area contributed by atoms with E-state index in [2.05, 4.69) is 0 Å². The van der Waals surface area contributed by atoms with E-state index >= 15 is 0 Å². The summed E-state index contributed by atoms with van der Waals surface area (Å²) in [5.41, 5.74) is 1.23. The maximum absolute atomic E-state index is 12.9. The van der Waals surface area contributed by atoms with Gasteiger partial charge in [-0.3, -0.25) is 0 Å². The van der Waals surface area contributed by atoms with Crippen molar-refractivity contribution in [2.75, 3.05) is 39.6 Å². The van der Waals surface area contributed by atoms with Crippen molar-refractivity contribution in [1.29, 1.82) is 10.5 Å². The summed E-state index contributed by atoms with van der Waals surface area (Å²) in [7, 11) is 0. The molecule has 0 aliphatic carbocycles. The lowest BCUT2D eigenvalue weighted by molar-refractivity contribution is 0.0224. The second-order valence-corrected chi connectivity index (χ2v) is 8.23. The average molecular weight is 511 g/mol.